The Balaban J connectivity index is 0.000000194. The first-order valence-electron chi connectivity index (χ1n) is 20.0. The molecule has 334 valence electrons. The van der Waals surface area contributed by atoms with Gasteiger partial charge in [-0.2, -0.15) is 0 Å². The number of nitrogens with zero attached hydrogens (tertiary/aromatic N) is 6. The van der Waals surface area contributed by atoms with Gasteiger partial charge in [-0.25, -0.2) is 46.8 Å². The van der Waals surface area contributed by atoms with Crippen molar-refractivity contribution in [1.82, 2.24) is 29.3 Å². The minimum atomic E-state index is -1.54. The zero-order chi connectivity index (χ0) is 46.2. The van der Waals surface area contributed by atoms with E-state index in [-0.39, 0.29) is 51.6 Å². The van der Waals surface area contributed by atoms with E-state index >= 15 is 0 Å². The number of hydrogen-bond acceptors (Lipinski definition) is 12. The van der Waals surface area contributed by atoms with Crippen molar-refractivity contribution >= 4 is 44.6 Å². The van der Waals surface area contributed by atoms with Gasteiger partial charge in [0, 0.05) is 53.1 Å². The summed E-state index contributed by atoms with van der Waals surface area (Å²) >= 11 is 1.45. The van der Waals surface area contributed by atoms with Gasteiger partial charge in [0.15, 0.2) is 51.1 Å². The second-order valence-corrected chi connectivity index (χ2v) is 17.1. The number of thioether (sulfide) groups is 1. The van der Waals surface area contributed by atoms with Crippen molar-refractivity contribution in [1.29, 1.82) is 0 Å². The summed E-state index contributed by atoms with van der Waals surface area (Å²) in [7, 11) is -1.54. The molecule has 19 heteroatoms. The average molecular weight is 925 g/mol. The first kappa shape index (κ1) is 45.9. The Bertz CT molecular complexity index is 3130. The molecule has 0 aliphatic heterocycles. The van der Waals surface area contributed by atoms with Crippen molar-refractivity contribution in [3.8, 4) is 23.0 Å². The fourth-order valence-corrected chi connectivity index (χ4v) is 7.81. The molecule has 0 aliphatic carbocycles. The Labute approximate surface area is 375 Å². The monoisotopic (exact) mass is 924 g/mol. The molecule has 8 rings (SSSR count). The van der Waals surface area contributed by atoms with Gasteiger partial charge in [0.1, 0.15) is 11.6 Å². The molecule has 1 atom stereocenters. The first-order valence-corrected chi connectivity index (χ1v) is 22.3. The lowest BCUT2D eigenvalue weighted by atomic mass is 10.2. The molecule has 0 amide bonds. The van der Waals surface area contributed by atoms with E-state index in [4.69, 9.17) is 9.47 Å². The fourth-order valence-electron chi connectivity index (χ4n) is 6.06. The van der Waals surface area contributed by atoms with E-state index in [2.05, 4.69) is 30.8 Å². The minimum Gasteiger partial charge on any atom is -0.448 e. The van der Waals surface area contributed by atoms with Crippen molar-refractivity contribution in [3.63, 3.8) is 0 Å². The predicted octanol–water partition coefficient (Wildman–Crippen LogP) is 9.23. The topological polar surface area (TPSA) is 155 Å². The molecule has 13 nitrogen and oxygen atoms in total. The highest BCUT2D eigenvalue weighted by molar-refractivity contribution is 7.98. The standard InChI is InChI=1S/C23H20F2N4O3S.C23H20F2N4O2S/c1-14(2)28-29-21-16(10-20(22(29)30)32-19-9-8-17(24)11-18(19)25)12-26-23(27-21)33(31)13-15-6-4-3-5-7-15;1-14(2)28-29-21-16(12-26-23(27-21)32-13-15-6-4-3-5-7-15)10-20(22(29)30)31-19-9-8-17(24)11-18(19)25/h3-12,14,28H,13H2,1-2H3;3-12,14,28H,13H2,1-2H3. The molecule has 0 aliphatic rings. The van der Waals surface area contributed by atoms with Crippen molar-refractivity contribution in [2.45, 2.75) is 61.6 Å². The number of fused-ring (bicyclic) bond motifs is 2. The van der Waals surface area contributed by atoms with Gasteiger partial charge in [-0.05, 0) is 75.2 Å². The van der Waals surface area contributed by atoms with Crippen molar-refractivity contribution in [2.24, 2.45) is 0 Å². The third-order valence-electron chi connectivity index (χ3n) is 8.93. The largest absolute Gasteiger partial charge is 0.448 e. The Hall–Kier alpha value is -7.12. The molecule has 4 heterocycles. The van der Waals surface area contributed by atoms with Crippen LogP contribution in [0.1, 0.15) is 38.8 Å². The van der Waals surface area contributed by atoms with Crippen LogP contribution >= 0.6 is 11.8 Å². The minimum absolute atomic E-state index is 0.0725. The van der Waals surface area contributed by atoms with Gasteiger partial charge in [0.05, 0.1) is 16.6 Å². The van der Waals surface area contributed by atoms with Crippen LogP contribution in [0.5, 0.6) is 23.0 Å². The summed E-state index contributed by atoms with van der Waals surface area (Å²) in [5, 5.41) is 1.52. The molecular weight excluding hydrogens is 885 g/mol. The van der Waals surface area contributed by atoms with E-state index in [1.165, 1.54) is 34.8 Å². The number of pyridine rings is 2. The first-order chi connectivity index (χ1) is 31.2. The Kier molecular flexibility index (Phi) is 14.5. The number of benzene rings is 4. The zero-order valence-corrected chi connectivity index (χ0v) is 36.8. The van der Waals surface area contributed by atoms with Crippen LogP contribution in [0.4, 0.5) is 17.6 Å². The molecule has 0 radical (unpaired) electrons. The number of aromatic nitrogens is 6. The van der Waals surface area contributed by atoms with Crippen LogP contribution < -0.4 is 31.4 Å². The van der Waals surface area contributed by atoms with Crippen LogP contribution in [0.3, 0.4) is 0 Å². The molecule has 65 heavy (non-hydrogen) atoms. The third kappa shape index (κ3) is 11.5. The van der Waals surface area contributed by atoms with Gasteiger partial charge in [0.2, 0.25) is 5.16 Å². The van der Waals surface area contributed by atoms with Crippen LogP contribution in [0.15, 0.2) is 141 Å². The van der Waals surface area contributed by atoms with Crippen LogP contribution in [-0.4, -0.2) is 45.6 Å². The maximum absolute atomic E-state index is 14.1. The summed E-state index contributed by atoms with van der Waals surface area (Å²) in [6.45, 7) is 7.39. The average Bonchev–Trinajstić information content (AvgIpc) is 3.28. The van der Waals surface area contributed by atoms with Gasteiger partial charge in [-0.15, -0.1) is 0 Å². The second kappa shape index (κ2) is 20.6. The van der Waals surface area contributed by atoms with E-state index in [0.29, 0.717) is 39.5 Å². The van der Waals surface area contributed by atoms with Crippen LogP contribution in [0.2, 0.25) is 0 Å². The number of rotatable bonds is 14. The molecule has 0 fully saturated rings. The molecule has 0 spiro atoms. The smallest absolute Gasteiger partial charge is 0.313 e. The number of nitrogens with one attached hydrogen (secondary N) is 2. The second-order valence-electron chi connectivity index (χ2n) is 14.8. The molecule has 0 saturated heterocycles. The lowest BCUT2D eigenvalue weighted by Gasteiger charge is -2.17. The number of hydrogen-bond donors (Lipinski definition) is 2. The lowest BCUT2D eigenvalue weighted by molar-refractivity contribution is 0.430. The number of halogens is 4. The maximum atomic E-state index is 14.1. The summed E-state index contributed by atoms with van der Waals surface area (Å²) in [6, 6.07) is 27.4. The summed E-state index contributed by atoms with van der Waals surface area (Å²) in [5.41, 5.74) is 7.38. The fraction of sp³-hybridized carbons (Fsp3) is 0.174. The molecule has 0 saturated carbocycles. The summed E-state index contributed by atoms with van der Waals surface area (Å²) < 4.78 is 80.7. The molecule has 4 aromatic heterocycles. The highest BCUT2D eigenvalue weighted by atomic mass is 32.2. The normalized spacial score (nSPS) is 11.7. The Morgan fingerprint density at radius 1 is 0.615 bits per heavy atom. The van der Waals surface area contributed by atoms with Crippen LogP contribution in [0, 0.1) is 23.3 Å². The van der Waals surface area contributed by atoms with Crippen LogP contribution in [0.25, 0.3) is 22.1 Å². The van der Waals surface area contributed by atoms with Gasteiger partial charge in [-0.1, -0.05) is 72.4 Å². The van der Waals surface area contributed by atoms with Gasteiger partial charge in [-0.3, -0.25) is 13.8 Å². The van der Waals surface area contributed by atoms with Crippen molar-refractivity contribution in [2.75, 3.05) is 10.9 Å². The molecule has 0 bridgehead atoms. The van der Waals surface area contributed by atoms with Crippen LogP contribution in [-0.2, 0) is 22.3 Å². The highest BCUT2D eigenvalue weighted by Gasteiger charge is 2.19. The molecule has 1 unspecified atom stereocenters. The Morgan fingerprint density at radius 2 is 1.09 bits per heavy atom. The SMILES string of the molecule is CC(C)Nn1c(=O)c(Oc2ccc(F)cc2F)cc2cnc(S(=O)Cc3ccccc3)nc21.CC(C)Nn1c(=O)c(Oc2ccc(F)cc2F)cc2cnc(SCc3ccccc3)nc21. The van der Waals surface area contributed by atoms with Gasteiger partial charge < -0.3 is 20.3 Å². The van der Waals surface area contributed by atoms with Gasteiger partial charge in [0.25, 0.3) is 0 Å². The Morgan fingerprint density at radius 3 is 1.58 bits per heavy atom. The van der Waals surface area contributed by atoms with Gasteiger partial charge >= 0.3 is 11.1 Å². The van der Waals surface area contributed by atoms with E-state index in [9.17, 15) is 31.4 Å². The van der Waals surface area contributed by atoms with E-state index in [1.807, 2.05) is 88.4 Å². The molecule has 8 aromatic rings. The molecule has 4 aromatic carbocycles. The van der Waals surface area contributed by atoms with E-state index in [0.717, 1.165) is 40.1 Å². The van der Waals surface area contributed by atoms with Crippen molar-refractivity contribution in [3.05, 3.63) is 177 Å². The third-order valence-corrected chi connectivity index (χ3v) is 11.1. The molecule has 2 N–H and O–H groups in total. The maximum Gasteiger partial charge on any atom is 0.313 e. The van der Waals surface area contributed by atoms with E-state index < -0.39 is 45.2 Å². The highest BCUT2D eigenvalue weighted by Crippen LogP contribution is 2.28. The summed E-state index contributed by atoms with van der Waals surface area (Å²) in [6.07, 6.45) is 3.01. The summed E-state index contributed by atoms with van der Waals surface area (Å²) in [4.78, 5) is 43.7. The molecular formula is C46H40F4N8O5S2. The lowest BCUT2D eigenvalue weighted by Crippen LogP contribution is -2.34. The quantitative estimate of drug-likeness (QED) is 0.0607. The number of ether oxygens (including phenoxy) is 2. The summed E-state index contributed by atoms with van der Waals surface area (Å²) in [5.74, 6) is -3.34. The van der Waals surface area contributed by atoms with E-state index in [1.54, 1.807) is 6.20 Å². The van der Waals surface area contributed by atoms with Crippen molar-refractivity contribution < 1.29 is 31.2 Å². The zero-order valence-electron chi connectivity index (χ0n) is 35.2. The predicted molar refractivity (Wildman–Crippen MR) is 242 cm³/mol.